The largest absolute Gasteiger partial charge is 0.466 e. The summed E-state index contributed by atoms with van der Waals surface area (Å²) in [7, 11) is 0. The number of para-hydroxylation sites is 1. The van der Waals surface area contributed by atoms with Crippen molar-refractivity contribution in [2.45, 2.75) is 19.8 Å². The van der Waals surface area contributed by atoms with Gasteiger partial charge in [0.15, 0.2) is 0 Å². The van der Waals surface area contributed by atoms with E-state index in [4.69, 9.17) is 4.74 Å². The van der Waals surface area contributed by atoms with Crippen LogP contribution in [0.4, 0.5) is 17.1 Å². The van der Waals surface area contributed by atoms with Crippen molar-refractivity contribution in [3.05, 3.63) is 63.7 Å². The van der Waals surface area contributed by atoms with Gasteiger partial charge >= 0.3 is 5.97 Å². The molecule has 2 amide bonds. The Morgan fingerprint density at radius 1 is 1.16 bits per heavy atom. The zero-order valence-corrected chi connectivity index (χ0v) is 16.9. The quantitative estimate of drug-likeness (QED) is 0.314. The van der Waals surface area contributed by atoms with Gasteiger partial charge in [0.1, 0.15) is 5.69 Å². The SMILES string of the molecule is CCOC(=O)[C@@H]1CCCN(c2cc3c(cc2[N+](=O)[O-])C(=O)N(c2ccccc2)C3=O)C1. The first-order chi connectivity index (χ1) is 14.9. The Kier molecular flexibility index (Phi) is 5.41. The molecule has 31 heavy (non-hydrogen) atoms. The average molecular weight is 423 g/mol. The number of carbonyl (C=O) groups excluding carboxylic acids is 3. The van der Waals surface area contributed by atoms with E-state index in [-0.39, 0.29) is 41.6 Å². The molecule has 160 valence electrons. The first-order valence-corrected chi connectivity index (χ1v) is 10.1. The molecule has 1 fully saturated rings. The van der Waals surface area contributed by atoms with Gasteiger partial charge in [-0.2, -0.15) is 0 Å². The summed E-state index contributed by atoms with van der Waals surface area (Å²) in [5.41, 5.74) is 0.488. The number of nitro groups is 1. The number of piperidine rings is 1. The first-order valence-electron chi connectivity index (χ1n) is 10.1. The molecule has 2 heterocycles. The Hall–Kier alpha value is -3.75. The second kappa shape index (κ2) is 8.17. The van der Waals surface area contributed by atoms with Gasteiger partial charge in [0.05, 0.1) is 34.3 Å². The predicted octanol–water partition coefficient (Wildman–Crippen LogP) is 3.17. The van der Waals surface area contributed by atoms with Gasteiger partial charge in [0.25, 0.3) is 17.5 Å². The highest BCUT2D eigenvalue weighted by Gasteiger charge is 2.40. The monoisotopic (exact) mass is 423 g/mol. The summed E-state index contributed by atoms with van der Waals surface area (Å²) in [6.45, 7) is 2.74. The molecule has 0 unspecified atom stereocenters. The highest BCUT2D eigenvalue weighted by molar-refractivity contribution is 6.35. The minimum atomic E-state index is -0.594. The van der Waals surface area contributed by atoms with E-state index in [0.29, 0.717) is 25.1 Å². The van der Waals surface area contributed by atoms with Crippen LogP contribution in [0, 0.1) is 16.0 Å². The van der Waals surface area contributed by atoms with E-state index in [1.165, 1.54) is 12.1 Å². The van der Waals surface area contributed by atoms with Gasteiger partial charge in [-0.1, -0.05) is 18.2 Å². The molecular formula is C22H21N3O6. The molecule has 0 aromatic heterocycles. The van der Waals surface area contributed by atoms with Crippen molar-refractivity contribution in [2.24, 2.45) is 5.92 Å². The average Bonchev–Trinajstić information content (AvgIpc) is 3.03. The Labute approximate surface area is 178 Å². The second-order valence-corrected chi connectivity index (χ2v) is 7.46. The van der Waals surface area contributed by atoms with E-state index in [2.05, 4.69) is 0 Å². The van der Waals surface area contributed by atoms with E-state index in [1.807, 2.05) is 0 Å². The fraction of sp³-hybridized carbons (Fsp3) is 0.318. The van der Waals surface area contributed by atoms with E-state index < -0.39 is 22.7 Å². The molecule has 9 nitrogen and oxygen atoms in total. The number of hydrogen-bond acceptors (Lipinski definition) is 7. The topological polar surface area (TPSA) is 110 Å². The number of imide groups is 1. The van der Waals surface area contributed by atoms with Gasteiger partial charge in [-0.25, -0.2) is 4.90 Å². The maximum atomic E-state index is 13.0. The summed E-state index contributed by atoms with van der Waals surface area (Å²) in [6.07, 6.45) is 1.29. The molecular weight excluding hydrogens is 402 g/mol. The van der Waals surface area contributed by atoms with Crippen LogP contribution in [0.3, 0.4) is 0 Å². The number of fused-ring (bicyclic) bond motifs is 1. The van der Waals surface area contributed by atoms with Crippen molar-refractivity contribution in [2.75, 3.05) is 29.5 Å². The van der Waals surface area contributed by atoms with Crippen LogP contribution in [0.15, 0.2) is 42.5 Å². The van der Waals surface area contributed by atoms with Crippen molar-refractivity contribution in [3.63, 3.8) is 0 Å². The molecule has 0 bridgehead atoms. The maximum Gasteiger partial charge on any atom is 0.310 e. The number of carbonyl (C=O) groups is 3. The van der Waals surface area contributed by atoms with Crippen LogP contribution >= 0.6 is 0 Å². The zero-order chi connectivity index (χ0) is 22.1. The second-order valence-electron chi connectivity index (χ2n) is 7.46. The van der Waals surface area contributed by atoms with E-state index in [1.54, 1.807) is 42.2 Å². The molecule has 9 heteroatoms. The van der Waals surface area contributed by atoms with Gasteiger partial charge in [-0.05, 0) is 38.0 Å². The lowest BCUT2D eigenvalue weighted by Gasteiger charge is -2.33. The Bertz CT molecular complexity index is 1070. The molecule has 0 N–H and O–H groups in total. The molecule has 4 rings (SSSR count). The Balaban J connectivity index is 1.73. The molecule has 0 aliphatic carbocycles. The molecule has 2 aliphatic heterocycles. The standard InChI is InChI=1S/C22H21N3O6/c1-2-31-22(28)14-7-6-10-23(13-14)18-11-16-17(12-19(18)25(29)30)21(27)24(20(16)26)15-8-4-3-5-9-15/h3-5,8-9,11-12,14H,2,6-7,10,13H2,1H3/t14-/m1/s1. The van der Waals surface area contributed by atoms with E-state index >= 15 is 0 Å². The fourth-order valence-corrected chi connectivity index (χ4v) is 4.12. The number of rotatable bonds is 5. The zero-order valence-electron chi connectivity index (χ0n) is 16.9. The van der Waals surface area contributed by atoms with Crippen LogP contribution in [0.5, 0.6) is 0 Å². The van der Waals surface area contributed by atoms with Crippen LogP contribution in [0.2, 0.25) is 0 Å². The van der Waals surface area contributed by atoms with Gasteiger partial charge in [0, 0.05) is 19.2 Å². The van der Waals surface area contributed by atoms with Gasteiger partial charge in [-0.15, -0.1) is 0 Å². The smallest absolute Gasteiger partial charge is 0.310 e. The lowest BCUT2D eigenvalue weighted by molar-refractivity contribution is -0.384. The van der Waals surface area contributed by atoms with Crippen LogP contribution in [-0.2, 0) is 9.53 Å². The molecule has 2 aromatic carbocycles. The third-order valence-corrected chi connectivity index (χ3v) is 5.57. The molecule has 0 spiro atoms. The Morgan fingerprint density at radius 3 is 2.48 bits per heavy atom. The van der Waals surface area contributed by atoms with Gasteiger partial charge in [0.2, 0.25) is 0 Å². The van der Waals surface area contributed by atoms with Crippen LogP contribution in [-0.4, -0.2) is 42.4 Å². The van der Waals surface area contributed by atoms with Crippen molar-refractivity contribution in [1.82, 2.24) is 0 Å². The Morgan fingerprint density at radius 2 is 1.84 bits per heavy atom. The van der Waals surface area contributed by atoms with E-state index in [0.717, 1.165) is 4.90 Å². The van der Waals surface area contributed by atoms with Crippen molar-refractivity contribution in [1.29, 1.82) is 0 Å². The number of nitrogens with zero attached hydrogens (tertiary/aromatic N) is 3. The minimum absolute atomic E-state index is 0.00301. The van der Waals surface area contributed by atoms with Crippen molar-refractivity contribution in [3.8, 4) is 0 Å². The minimum Gasteiger partial charge on any atom is -0.466 e. The number of ether oxygens (including phenoxy) is 1. The highest BCUT2D eigenvalue weighted by atomic mass is 16.6. The van der Waals surface area contributed by atoms with Crippen LogP contribution < -0.4 is 9.80 Å². The normalized spacial score (nSPS) is 18.2. The number of benzene rings is 2. The number of hydrogen-bond donors (Lipinski definition) is 0. The lowest BCUT2D eigenvalue weighted by Crippen LogP contribution is -2.39. The molecule has 2 aliphatic rings. The third kappa shape index (κ3) is 3.63. The highest BCUT2D eigenvalue weighted by Crippen LogP contribution is 2.38. The van der Waals surface area contributed by atoms with Gasteiger partial charge < -0.3 is 9.64 Å². The molecule has 1 saturated heterocycles. The molecule has 2 aromatic rings. The first kappa shape index (κ1) is 20.5. The number of anilines is 2. The molecule has 0 saturated carbocycles. The number of amides is 2. The number of nitro benzene ring substituents is 1. The summed E-state index contributed by atoms with van der Waals surface area (Å²) in [5.74, 6) is -1.86. The van der Waals surface area contributed by atoms with Crippen LogP contribution in [0.1, 0.15) is 40.5 Å². The van der Waals surface area contributed by atoms with Crippen molar-refractivity contribution >= 4 is 34.8 Å². The van der Waals surface area contributed by atoms with E-state index in [9.17, 15) is 24.5 Å². The summed E-state index contributed by atoms with van der Waals surface area (Å²) < 4.78 is 5.11. The van der Waals surface area contributed by atoms with Crippen molar-refractivity contribution < 1.29 is 24.0 Å². The fourth-order valence-electron chi connectivity index (χ4n) is 4.12. The predicted molar refractivity (Wildman–Crippen MR) is 112 cm³/mol. The molecule has 1 atom stereocenters. The summed E-state index contributed by atoms with van der Waals surface area (Å²) in [4.78, 5) is 52.1. The lowest BCUT2D eigenvalue weighted by atomic mass is 9.96. The van der Waals surface area contributed by atoms with Gasteiger partial charge in [-0.3, -0.25) is 24.5 Å². The number of esters is 1. The summed E-state index contributed by atoms with van der Waals surface area (Å²) in [5, 5.41) is 11.8. The van der Waals surface area contributed by atoms with Crippen LogP contribution in [0.25, 0.3) is 0 Å². The summed E-state index contributed by atoms with van der Waals surface area (Å²) in [6, 6.07) is 11.0. The maximum absolute atomic E-state index is 13.0. The third-order valence-electron chi connectivity index (χ3n) is 5.57. The summed E-state index contributed by atoms with van der Waals surface area (Å²) >= 11 is 0. The molecule has 0 radical (unpaired) electrons.